The molecule has 140 valence electrons. The van der Waals surface area contributed by atoms with Crippen molar-refractivity contribution in [2.45, 2.75) is 13.3 Å². The van der Waals surface area contributed by atoms with Gasteiger partial charge in [-0.05, 0) is 48.9 Å². The molecule has 0 radical (unpaired) electrons. The fourth-order valence-corrected chi connectivity index (χ4v) is 2.47. The standard InChI is InChI=1S/C20H20FN3O3/c1-2-12-26-18-13-17(20(25)27-16-10-8-14(21)9-11-16)19(22)23-24(18)15-6-4-3-5-7-15/h3-11,13,17H,2,12H2,1H3,(H2,22,23). The minimum absolute atomic E-state index is 0.0785. The molecule has 1 heterocycles. The first kappa shape index (κ1) is 18.4. The summed E-state index contributed by atoms with van der Waals surface area (Å²) in [4.78, 5) is 12.5. The number of amidine groups is 1. The van der Waals surface area contributed by atoms with Crippen molar-refractivity contribution >= 4 is 17.5 Å². The molecule has 0 aliphatic carbocycles. The van der Waals surface area contributed by atoms with E-state index in [0.29, 0.717) is 12.5 Å². The molecule has 2 aromatic carbocycles. The lowest BCUT2D eigenvalue weighted by Gasteiger charge is -2.28. The molecule has 2 N–H and O–H groups in total. The molecule has 0 amide bonds. The van der Waals surface area contributed by atoms with Crippen LogP contribution in [-0.4, -0.2) is 18.4 Å². The number of rotatable bonds is 6. The SMILES string of the molecule is CCCOC1=CC(C(=O)Oc2ccc(F)cc2)C(N)=NN1c1ccccc1. The van der Waals surface area contributed by atoms with Gasteiger partial charge in [0.2, 0.25) is 5.88 Å². The van der Waals surface area contributed by atoms with E-state index in [1.54, 1.807) is 11.1 Å². The minimum Gasteiger partial charge on any atom is -0.478 e. The van der Waals surface area contributed by atoms with Gasteiger partial charge in [0.15, 0.2) is 0 Å². The highest BCUT2D eigenvalue weighted by Gasteiger charge is 2.31. The van der Waals surface area contributed by atoms with E-state index in [1.165, 1.54) is 24.3 Å². The van der Waals surface area contributed by atoms with Gasteiger partial charge < -0.3 is 15.2 Å². The van der Waals surface area contributed by atoms with Crippen molar-refractivity contribution in [2.75, 3.05) is 11.6 Å². The highest BCUT2D eigenvalue weighted by Crippen LogP contribution is 2.26. The number of anilines is 1. The average molecular weight is 369 g/mol. The van der Waals surface area contributed by atoms with Gasteiger partial charge in [-0.25, -0.2) is 4.39 Å². The van der Waals surface area contributed by atoms with Gasteiger partial charge in [0, 0.05) is 0 Å². The summed E-state index contributed by atoms with van der Waals surface area (Å²) in [6, 6.07) is 14.5. The van der Waals surface area contributed by atoms with Crippen LogP contribution < -0.4 is 15.5 Å². The number of esters is 1. The molecule has 1 aliphatic rings. The summed E-state index contributed by atoms with van der Waals surface area (Å²) in [5, 5.41) is 5.87. The molecule has 1 atom stereocenters. The highest BCUT2D eigenvalue weighted by molar-refractivity contribution is 6.03. The molecule has 0 aromatic heterocycles. The van der Waals surface area contributed by atoms with E-state index in [9.17, 15) is 9.18 Å². The molecule has 2 aromatic rings. The molecule has 1 aliphatic heterocycles. The maximum Gasteiger partial charge on any atom is 0.326 e. The first-order valence-corrected chi connectivity index (χ1v) is 8.59. The van der Waals surface area contributed by atoms with Gasteiger partial charge in [-0.3, -0.25) is 4.79 Å². The molecule has 7 heteroatoms. The lowest BCUT2D eigenvalue weighted by Crippen LogP contribution is -2.39. The highest BCUT2D eigenvalue weighted by atomic mass is 19.1. The van der Waals surface area contributed by atoms with Crippen LogP contribution in [0.25, 0.3) is 0 Å². The van der Waals surface area contributed by atoms with Gasteiger partial charge in [-0.1, -0.05) is 25.1 Å². The lowest BCUT2D eigenvalue weighted by molar-refractivity contribution is -0.135. The number of carbonyl (C=O) groups excluding carboxylic acids is 1. The van der Waals surface area contributed by atoms with Crippen molar-refractivity contribution in [3.63, 3.8) is 0 Å². The number of hydrazone groups is 1. The summed E-state index contributed by atoms with van der Waals surface area (Å²) in [5.41, 5.74) is 6.78. The largest absolute Gasteiger partial charge is 0.478 e. The van der Waals surface area contributed by atoms with Crippen molar-refractivity contribution in [1.82, 2.24) is 0 Å². The van der Waals surface area contributed by atoms with Crippen LogP contribution >= 0.6 is 0 Å². The molecule has 27 heavy (non-hydrogen) atoms. The molecule has 0 saturated carbocycles. The van der Waals surface area contributed by atoms with E-state index in [1.807, 2.05) is 37.3 Å². The maximum absolute atomic E-state index is 13.0. The number of ether oxygens (including phenoxy) is 2. The second-order valence-corrected chi connectivity index (χ2v) is 5.88. The van der Waals surface area contributed by atoms with E-state index < -0.39 is 17.7 Å². The zero-order chi connectivity index (χ0) is 19.2. The Hall–Kier alpha value is -3.35. The third kappa shape index (κ3) is 4.44. The second-order valence-electron chi connectivity index (χ2n) is 5.88. The Morgan fingerprint density at radius 3 is 2.56 bits per heavy atom. The Labute approximate surface area is 156 Å². The van der Waals surface area contributed by atoms with Crippen LogP contribution in [-0.2, 0) is 9.53 Å². The maximum atomic E-state index is 13.0. The van der Waals surface area contributed by atoms with Crippen molar-refractivity contribution in [3.8, 4) is 5.75 Å². The lowest BCUT2D eigenvalue weighted by atomic mass is 10.1. The van der Waals surface area contributed by atoms with Gasteiger partial charge in [0.25, 0.3) is 0 Å². The number of nitrogens with zero attached hydrogens (tertiary/aromatic N) is 2. The van der Waals surface area contributed by atoms with Crippen LogP contribution in [0.3, 0.4) is 0 Å². The predicted molar refractivity (Wildman–Crippen MR) is 100 cm³/mol. The number of benzene rings is 2. The van der Waals surface area contributed by atoms with E-state index in [4.69, 9.17) is 15.2 Å². The van der Waals surface area contributed by atoms with Gasteiger partial charge in [-0.2, -0.15) is 10.1 Å². The van der Waals surface area contributed by atoms with Crippen molar-refractivity contribution in [3.05, 3.63) is 72.4 Å². The number of nitrogens with two attached hydrogens (primary N) is 1. The van der Waals surface area contributed by atoms with Gasteiger partial charge in [-0.15, -0.1) is 0 Å². The zero-order valence-electron chi connectivity index (χ0n) is 14.8. The Bertz CT molecular complexity index is 851. The first-order chi connectivity index (χ1) is 13.1. The van der Waals surface area contributed by atoms with E-state index in [-0.39, 0.29) is 11.6 Å². The fraction of sp³-hybridized carbons (Fsp3) is 0.200. The topological polar surface area (TPSA) is 77.1 Å². The molecular formula is C20H20FN3O3. The summed E-state index contributed by atoms with van der Waals surface area (Å²) >= 11 is 0. The van der Waals surface area contributed by atoms with Crippen LogP contribution in [0.1, 0.15) is 13.3 Å². The Kier molecular flexibility index (Phi) is 5.71. The number of para-hydroxylation sites is 1. The predicted octanol–water partition coefficient (Wildman–Crippen LogP) is 3.41. The molecule has 0 saturated heterocycles. The number of carbonyl (C=O) groups is 1. The van der Waals surface area contributed by atoms with Crippen LogP contribution in [0.15, 0.2) is 71.7 Å². The smallest absolute Gasteiger partial charge is 0.326 e. The van der Waals surface area contributed by atoms with E-state index in [0.717, 1.165) is 12.1 Å². The summed E-state index contributed by atoms with van der Waals surface area (Å²) in [6.07, 6.45) is 2.38. The Morgan fingerprint density at radius 2 is 1.89 bits per heavy atom. The fourth-order valence-electron chi connectivity index (χ4n) is 2.47. The summed E-state index contributed by atoms with van der Waals surface area (Å²) in [7, 11) is 0. The molecule has 3 rings (SSSR count). The second kappa shape index (κ2) is 8.35. The van der Waals surface area contributed by atoms with Crippen LogP contribution in [0.5, 0.6) is 5.75 Å². The van der Waals surface area contributed by atoms with Crippen molar-refractivity contribution < 1.29 is 18.7 Å². The zero-order valence-corrected chi connectivity index (χ0v) is 14.8. The first-order valence-electron chi connectivity index (χ1n) is 8.59. The summed E-state index contributed by atoms with van der Waals surface area (Å²) in [6.45, 7) is 2.44. The normalized spacial score (nSPS) is 16.4. The Morgan fingerprint density at radius 1 is 1.19 bits per heavy atom. The van der Waals surface area contributed by atoms with Crippen molar-refractivity contribution in [1.29, 1.82) is 0 Å². The van der Waals surface area contributed by atoms with Crippen LogP contribution in [0, 0.1) is 11.7 Å². The van der Waals surface area contributed by atoms with E-state index >= 15 is 0 Å². The minimum atomic E-state index is -0.901. The third-order valence-electron chi connectivity index (χ3n) is 3.79. The van der Waals surface area contributed by atoms with Crippen LogP contribution in [0.4, 0.5) is 10.1 Å². The number of hydrogen-bond acceptors (Lipinski definition) is 6. The summed E-state index contributed by atoms with van der Waals surface area (Å²) < 4.78 is 24.1. The number of halogens is 1. The van der Waals surface area contributed by atoms with Crippen LogP contribution in [0.2, 0.25) is 0 Å². The molecule has 0 spiro atoms. The van der Waals surface area contributed by atoms with Crippen molar-refractivity contribution in [2.24, 2.45) is 16.8 Å². The number of hydrogen-bond donors (Lipinski definition) is 1. The van der Waals surface area contributed by atoms with Gasteiger partial charge >= 0.3 is 5.97 Å². The Balaban J connectivity index is 1.84. The van der Waals surface area contributed by atoms with Gasteiger partial charge in [0.05, 0.1) is 12.3 Å². The van der Waals surface area contributed by atoms with Gasteiger partial charge in [0.1, 0.15) is 23.3 Å². The molecule has 0 fully saturated rings. The molecule has 1 unspecified atom stereocenters. The summed E-state index contributed by atoms with van der Waals surface area (Å²) in [5.74, 6) is -1.23. The molecule has 0 bridgehead atoms. The molecule has 6 nitrogen and oxygen atoms in total. The monoisotopic (exact) mass is 369 g/mol. The quantitative estimate of drug-likeness (QED) is 0.624. The third-order valence-corrected chi connectivity index (χ3v) is 3.79. The van der Waals surface area contributed by atoms with E-state index in [2.05, 4.69) is 5.10 Å². The average Bonchev–Trinajstić information content (AvgIpc) is 2.69. The molecular weight excluding hydrogens is 349 g/mol.